The summed E-state index contributed by atoms with van der Waals surface area (Å²) in [6.45, 7) is 37.1. The Balaban J connectivity index is 0.000000265. The highest BCUT2D eigenvalue weighted by atomic mass is 35.5. The minimum Gasteiger partial charge on any atom is -0.508 e. The quantitative estimate of drug-likeness (QED) is 0.0921. The number of aromatic amines is 1. The van der Waals surface area contributed by atoms with Crippen LogP contribution in [-0.2, 0) is 29.1 Å². The molecule has 0 radical (unpaired) electrons. The van der Waals surface area contributed by atoms with Crippen LogP contribution in [0, 0.1) is 0 Å². The maximum Gasteiger partial charge on any atom is 0.254 e. The summed E-state index contributed by atoms with van der Waals surface area (Å²) in [6.07, 6.45) is 3.56. The summed E-state index contributed by atoms with van der Waals surface area (Å²) in [7, 11) is 7.99. The predicted octanol–water partition coefficient (Wildman–Crippen LogP) is 27.8. The van der Waals surface area contributed by atoms with E-state index in [0.29, 0.717) is 108 Å². The average Bonchev–Trinajstić information content (AvgIpc) is 1.68. The monoisotopic (exact) mass is 1740 g/mol. The highest BCUT2D eigenvalue weighted by Gasteiger charge is 2.23. The highest BCUT2D eigenvalue weighted by Crippen LogP contribution is 2.41. The molecule has 0 spiro atoms. The van der Waals surface area contributed by atoms with Gasteiger partial charge in [-0.25, -0.2) is 0 Å². The Labute approximate surface area is 707 Å². The van der Waals surface area contributed by atoms with Gasteiger partial charge in [-0.3, -0.25) is 14.8 Å². The SMILES string of the molecule is CC(C)c1c(Cl)cc(-c2cn[nH]c2)cc1Cl.CC(C)c1c(Cl)cc(C(=O)N2CCOCC2)cc1Cl.CC(C)c1c(Cl)cc(CN(C)C)cc1Cl.CC(C)c1c(Cl)cc(CN)cc1Cl.CC(C)c1c(Cl)cc(CN2CCOCC2)cc1Cl.CC(C)c1c(Cl)cc(N(C)C)cc1Cl.CC(C)c1c(Cl)cc(O)cc1Cl. The van der Waals surface area contributed by atoms with Crippen molar-refractivity contribution in [3.05, 3.63) is 229 Å². The zero-order chi connectivity index (χ0) is 80.6. The Bertz CT molecular complexity index is 3980. The van der Waals surface area contributed by atoms with Crippen molar-refractivity contribution in [3.63, 3.8) is 0 Å². The van der Waals surface area contributed by atoms with Gasteiger partial charge < -0.3 is 35.0 Å². The summed E-state index contributed by atoms with van der Waals surface area (Å²) >= 11 is 86.2. The summed E-state index contributed by atoms with van der Waals surface area (Å²) in [6, 6.07) is 26.0. The first-order valence-electron chi connectivity index (χ1n) is 35.4. The Hall–Kier alpha value is -3.32. The van der Waals surface area contributed by atoms with Gasteiger partial charge in [-0.05, 0) is 202 Å². The van der Waals surface area contributed by atoms with Crippen molar-refractivity contribution in [2.24, 2.45) is 5.73 Å². The fourth-order valence-electron chi connectivity index (χ4n) is 11.7. The number of anilines is 1. The first-order chi connectivity index (χ1) is 50.1. The van der Waals surface area contributed by atoms with Gasteiger partial charge in [-0.15, -0.1) is 0 Å². The lowest BCUT2D eigenvalue weighted by Gasteiger charge is -2.27. The van der Waals surface area contributed by atoms with E-state index in [1.54, 1.807) is 23.2 Å². The first kappa shape index (κ1) is 96.1. The number of nitrogens with one attached hydrogen (secondary N) is 1. The topological polar surface area (TPSA) is 123 Å². The number of nitrogens with zero attached hydrogens (tertiary/aromatic N) is 5. The largest absolute Gasteiger partial charge is 0.508 e. The molecule has 8 aromatic rings. The molecular weight excluding hydrogens is 1640 g/mol. The van der Waals surface area contributed by atoms with E-state index in [0.717, 1.165) is 136 Å². The molecule has 0 atom stereocenters. The number of nitrogens with two attached hydrogens (primary N) is 1. The van der Waals surface area contributed by atoms with Crippen LogP contribution in [0.15, 0.2) is 97.3 Å². The lowest BCUT2D eigenvalue weighted by molar-refractivity contribution is 0.0303. The van der Waals surface area contributed by atoms with Gasteiger partial charge in [-0.1, -0.05) is 259 Å². The Morgan fingerprint density at radius 1 is 0.430 bits per heavy atom. The predicted molar refractivity (Wildman–Crippen MR) is 466 cm³/mol. The molecule has 0 saturated carbocycles. The fraction of sp³-hybridized carbons (Fsp3) is 0.439. The van der Waals surface area contributed by atoms with Gasteiger partial charge in [0.05, 0.1) is 32.6 Å². The van der Waals surface area contributed by atoms with E-state index >= 15 is 0 Å². The van der Waals surface area contributed by atoms with Crippen LogP contribution in [-0.4, -0.2) is 117 Å². The maximum atomic E-state index is 12.3. The Morgan fingerprint density at radius 3 is 1.04 bits per heavy atom. The summed E-state index contributed by atoms with van der Waals surface area (Å²) in [5.41, 5.74) is 19.2. The number of H-pyrrole nitrogens is 1. The molecule has 2 fully saturated rings. The number of benzene rings is 7. The average molecular weight is 1750 g/mol. The number of aromatic nitrogens is 2. The van der Waals surface area contributed by atoms with Gasteiger partial charge in [0, 0.05) is 153 Å². The minimum absolute atomic E-state index is 0.0394. The number of phenols is 1. The molecule has 3 heterocycles. The molecule has 2 saturated heterocycles. The van der Waals surface area contributed by atoms with E-state index in [1.807, 2.05) is 128 Å². The van der Waals surface area contributed by atoms with Crippen molar-refractivity contribution in [3.8, 4) is 16.9 Å². The second kappa shape index (κ2) is 46.8. The molecule has 0 unspecified atom stereocenters. The standard InChI is InChI=1S/C14H17Cl2NO2.C14H19Cl2NO.C12H12Cl2N2.C12H17Cl2N.C11H15Cl2N.C10H13Cl2N.C9H10Cl2O/c1-9(2)13-11(15)7-10(8-12(13)16)14(18)17-3-5-19-6-4-17;1-10(2)14-12(15)7-11(8-13(14)16)9-17-3-5-18-6-4-17;1-7(2)12-10(13)3-8(4-11(12)14)9-5-15-16-6-9;1-8(2)12-10(13)5-9(6-11(12)14)7-15(3)4;1-7(2)11-9(12)5-8(14(3)4)6-10(11)13;1-6(2)10-8(11)3-7(5-13)4-9(10)12;1-5(2)9-7(10)3-6(12)4-8(9)11/h7-9H,3-6H2,1-2H3;7-8,10H,3-6,9H2,1-2H3;3-7H,1-2H3,(H,15,16);5-6,8H,7H2,1-4H3;5-7H,1-4H3;3-4,6H,5,13H2,1-2H3;3-5,12H,1-2H3. The molecule has 1 amide bonds. The minimum atomic E-state index is -0.0394. The van der Waals surface area contributed by atoms with Crippen molar-refractivity contribution < 1.29 is 19.4 Å². The fourth-order valence-corrected chi connectivity index (χ4v) is 18.2. The van der Waals surface area contributed by atoms with Gasteiger partial charge in [0.25, 0.3) is 5.91 Å². The van der Waals surface area contributed by atoms with Crippen molar-refractivity contribution in [1.82, 2.24) is 24.9 Å². The molecule has 0 bridgehead atoms. The van der Waals surface area contributed by atoms with E-state index in [4.69, 9.17) is 183 Å². The summed E-state index contributed by atoms with van der Waals surface area (Å²) in [5, 5.41) is 25.4. The molecule has 107 heavy (non-hydrogen) atoms. The molecule has 1 aromatic heterocycles. The van der Waals surface area contributed by atoms with Gasteiger partial charge >= 0.3 is 0 Å². The van der Waals surface area contributed by atoms with Crippen LogP contribution in [0.3, 0.4) is 0 Å². The van der Waals surface area contributed by atoms with Crippen molar-refractivity contribution in [2.45, 2.75) is 158 Å². The molecular formula is C82H103Cl14N7O4. The van der Waals surface area contributed by atoms with Crippen LogP contribution in [0.5, 0.6) is 5.75 Å². The third-order valence-electron chi connectivity index (χ3n) is 16.9. The number of amides is 1. The number of hydrogen-bond acceptors (Lipinski definition) is 9. The number of aromatic hydroxyl groups is 1. The summed E-state index contributed by atoms with van der Waals surface area (Å²) < 4.78 is 10.6. The molecule has 2 aliphatic heterocycles. The molecule has 0 aliphatic carbocycles. The van der Waals surface area contributed by atoms with Crippen molar-refractivity contribution >= 4 is 174 Å². The number of phenolic OH excluding ortho intramolecular Hbond substituents is 1. The van der Waals surface area contributed by atoms with Crippen LogP contribution in [0.1, 0.15) is 204 Å². The molecule has 7 aromatic carbocycles. The molecule has 588 valence electrons. The van der Waals surface area contributed by atoms with E-state index in [9.17, 15) is 4.79 Å². The zero-order valence-corrected chi connectivity index (χ0v) is 74.9. The number of rotatable bonds is 15. The number of hydrogen-bond donors (Lipinski definition) is 3. The molecule has 25 heteroatoms. The second-order valence-electron chi connectivity index (χ2n) is 28.5. The van der Waals surface area contributed by atoms with E-state index in [1.165, 1.54) is 17.7 Å². The van der Waals surface area contributed by atoms with Gasteiger partial charge in [-0.2, -0.15) is 5.10 Å². The van der Waals surface area contributed by atoms with Crippen LogP contribution >= 0.6 is 162 Å². The van der Waals surface area contributed by atoms with Crippen molar-refractivity contribution in [1.29, 1.82) is 0 Å². The molecule has 2 aliphatic rings. The number of halogens is 14. The number of morpholine rings is 2. The van der Waals surface area contributed by atoms with Crippen LogP contribution in [0.2, 0.25) is 70.3 Å². The third-order valence-corrected chi connectivity index (χ3v) is 21.3. The number of ether oxygens (including phenoxy) is 2. The summed E-state index contributed by atoms with van der Waals surface area (Å²) in [4.78, 5) is 20.5. The van der Waals surface area contributed by atoms with Gasteiger partial charge in [0.1, 0.15) is 5.75 Å². The normalized spacial score (nSPS) is 13.0. The van der Waals surface area contributed by atoms with Crippen LogP contribution < -0.4 is 10.6 Å². The Morgan fingerprint density at radius 2 is 0.729 bits per heavy atom. The molecule has 4 N–H and O–H groups in total. The number of carbonyl (C=O) groups is 1. The highest BCUT2D eigenvalue weighted by molar-refractivity contribution is 6.40. The summed E-state index contributed by atoms with van der Waals surface area (Å²) in [5.74, 6) is 2.28. The van der Waals surface area contributed by atoms with Gasteiger partial charge in [0.15, 0.2) is 0 Å². The zero-order valence-electron chi connectivity index (χ0n) is 64.3. The lowest BCUT2D eigenvalue weighted by Crippen LogP contribution is -2.40. The third kappa shape index (κ3) is 30.2. The van der Waals surface area contributed by atoms with E-state index < -0.39 is 0 Å². The van der Waals surface area contributed by atoms with Crippen LogP contribution in [0.25, 0.3) is 11.1 Å². The first-order valence-corrected chi connectivity index (χ1v) is 40.7. The van der Waals surface area contributed by atoms with Gasteiger partial charge in [0.2, 0.25) is 0 Å². The molecule has 10 rings (SSSR count). The second-order valence-corrected chi connectivity index (χ2v) is 34.2. The molecule has 11 nitrogen and oxygen atoms in total. The van der Waals surface area contributed by atoms with E-state index in [-0.39, 0.29) is 23.5 Å². The number of carbonyl (C=O) groups excluding carboxylic acids is 1. The Kier molecular flexibility index (Phi) is 42.0. The van der Waals surface area contributed by atoms with Crippen LogP contribution in [0.4, 0.5) is 5.69 Å². The maximum absolute atomic E-state index is 12.3. The van der Waals surface area contributed by atoms with E-state index in [2.05, 4.69) is 89.2 Å². The van der Waals surface area contributed by atoms with Crippen molar-refractivity contribution in [2.75, 3.05) is 85.7 Å². The smallest absolute Gasteiger partial charge is 0.254 e. The lowest BCUT2D eigenvalue weighted by atomic mass is 9.99.